The molecule has 6 heteroatoms. The third-order valence-corrected chi connectivity index (χ3v) is 4.31. The predicted octanol–water partition coefficient (Wildman–Crippen LogP) is 2.46. The number of H-pyrrole nitrogens is 1. The van der Waals surface area contributed by atoms with E-state index in [1.54, 1.807) is 0 Å². The Bertz CT molecular complexity index is 981. The van der Waals surface area contributed by atoms with E-state index in [9.17, 15) is 0 Å². The van der Waals surface area contributed by atoms with E-state index in [4.69, 9.17) is 0 Å². The van der Waals surface area contributed by atoms with Gasteiger partial charge in [-0.3, -0.25) is 0 Å². The number of rotatable bonds is 5. The van der Waals surface area contributed by atoms with Crippen LogP contribution in [0.1, 0.15) is 11.1 Å². The summed E-state index contributed by atoms with van der Waals surface area (Å²) in [7, 11) is 4.21. The lowest BCUT2D eigenvalue weighted by Crippen LogP contribution is -2.14. The van der Waals surface area contributed by atoms with Crippen LogP contribution in [0.4, 0.5) is 0 Å². The first kappa shape index (κ1) is 14.8. The van der Waals surface area contributed by atoms with Gasteiger partial charge in [0.1, 0.15) is 11.8 Å². The number of benzene rings is 1. The minimum absolute atomic E-state index is 0.736. The Hall–Kier alpha value is -2.73. The second kappa shape index (κ2) is 6.05. The van der Waals surface area contributed by atoms with Crippen LogP contribution in [-0.2, 0) is 13.0 Å². The first-order valence-electron chi connectivity index (χ1n) is 8.05. The van der Waals surface area contributed by atoms with E-state index in [2.05, 4.69) is 67.9 Å². The van der Waals surface area contributed by atoms with Gasteiger partial charge in [0, 0.05) is 30.2 Å². The number of hydrogen-bond acceptors (Lipinski definition) is 4. The summed E-state index contributed by atoms with van der Waals surface area (Å²) in [6.07, 6.45) is 8.33. The summed E-state index contributed by atoms with van der Waals surface area (Å²) in [6.45, 7) is 1.80. The summed E-state index contributed by atoms with van der Waals surface area (Å²) in [4.78, 5) is 18.2. The normalized spacial score (nSPS) is 11.8. The van der Waals surface area contributed by atoms with Crippen molar-refractivity contribution in [2.24, 2.45) is 0 Å². The topological polar surface area (TPSA) is 62.6 Å². The highest BCUT2D eigenvalue weighted by Gasteiger charge is 2.08. The fraction of sp³-hybridized carbons (Fsp3) is 0.278. The van der Waals surface area contributed by atoms with Crippen molar-refractivity contribution < 1.29 is 0 Å². The molecule has 6 nitrogen and oxygen atoms in total. The maximum atomic E-state index is 4.33. The fourth-order valence-corrected chi connectivity index (χ4v) is 3.00. The van der Waals surface area contributed by atoms with Crippen molar-refractivity contribution in [3.05, 3.63) is 54.4 Å². The van der Waals surface area contributed by atoms with E-state index in [0.717, 1.165) is 30.7 Å². The zero-order valence-electron chi connectivity index (χ0n) is 13.9. The van der Waals surface area contributed by atoms with E-state index >= 15 is 0 Å². The molecule has 24 heavy (non-hydrogen) atoms. The second-order valence-electron chi connectivity index (χ2n) is 6.35. The molecule has 4 rings (SSSR count). The molecule has 0 unspecified atom stereocenters. The van der Waals surface area contributed by atoms with Gasteiger partial charge in [0.15, 0.2) is 5.65 Å². The van der Waals surface area contributed by atoms with E-state index in [1.165, 1.54) is 28.4 Å². The number of aromatic amines is 1. The lowest BCUT2D eigenvalue weighted by atomic mass is 10.1. The zero-order valence-corrected chi connectivity index (χ0v) is 13.9. The molecule has 0 radical (unpaired) electrons. The summed E-state index contributed by atoms with van der Waals surface area (Å²) in [5, 5.41) is 1.30. The quantitative estimate of drug-likeness (QED) is 0.613. The molecule has 4 aromatic rings. The molecule has 0 amide bonds. The summed E-state index contributed by atoms with van der Waals surface area (Å²) in [5.41, 5.74) is 5.49. The summed E-state index contributed by atoms with van der Waals surface area (Å²) < 4.78 is 2.09. The Morgan fingerprint density at radius 2 is 2.12 bits per heavy atom. The standard InChI is InChI=1S/C18H20N6/c1-23(2)6-5-14-8-20-16-4-3-13(7-15(14)16)10-24-12-22-18-17(24)9-19-11-21-18/h3-4,7-9,11-12,20H,5-6,10H2,1-2H3. The average molecular weight is 320 g/mol. The van der Waals surface area contributed by atoms with Crippen molar-refractivity contribution in [1.82, 2.24) is 29.4 Å². The van der Waals surface area contributed by atoms with Gasteiger partial charge < -0.3 is 14.5 Å². The molecule has 0 bridgehead atoms. The number of fused-ring (bicyclic) bond motifs is 2. The van der Waals surface area contributed by atoms with Crippen LogP contribution in [0.2, 0.25) is 0 Å². The maximum Gasteiger partial charge on any atom is 0.180 e. The summed E-state index contributed by atoms with van der Waals surface area (Å²) in [6, 6.07) is 6.58. The molecule has 0 aliphatic carbocycles. The van der Waals surface area contributed by atoms with Crippen LogP contribution in [0.3, 0.4) is 0 Å². The minimum Gasteiger partial charge on any atom is -0.361 e. The highest BCUT2D eigenvalue weighted by Crippen LogP contribution is 2.22. The van der Waals surface area contributed by atoms with E-state index in [1.807, 2.05) is 12.5 Å². The third-order valence-electron chi connectivity index (χ3n) is 4.31. The number of nitrogens with zero attached hydrogens (tertiary/aromatic N) is 5. The Morgan fingerprint density at radius 3 is 3.00 bits per heavy atom. The van der Waals surface area contributed by atoms with Gasteiger partial charge in [0.05, 0.1) is 12.5 Å². The predicted molar refractivity (Wildman–Crippen MR) is 95.0 cm³/mol. The van der Waals surface area contributed by atoms with Gasteiger partial charge in [-0.2, -0.15) is 0 Å². The Balaban J connectivity index is 1.65. The monoisotopic (exact) mass is 320 g/mol. The molecule has 1 N–H and O–H groups in total. The van der Waals surface area contributed by atoms with E-state index in [0.29, 0.717) is 0 Å². The Kier molecular flexibility index (Phi) is 3.74. The number of nitrogens with one attached hydrogen (secondary N) is 1. The molecule has 1 aromatic carbocycles. The average Bonchev–Trinajstić information content (AvgIpc) is 3.17. The lowest BCUT2D eigenvalue weighted by Gasteiger charge is -2.09. The second-order valence-corrected chi connectivity index (χ2v) is 6.35. The fourth-order valence-electron chi connectivity index (χ4n) is 3.00. The SMILES string of the molecule is CN(C)CCc1c[nH]c2ccc(Cn3cnc4ncncc43)cc12. The van der Waals surface area contributed by atoms with Gasteiger partial charge in [-0.15, -0.1) is 0 Å². The highest BCUT2D eigenvalue weighted by atomic mass is 15.1. The molecule has 3 heterocycles. The van der Waals surface area contributed by atoms with Crippen LogP contribution in [-0.4, -0.2) is 50.0 Å². The van der Waals surface area contributed by atoms with Crippen molar-refractivity contribution in [3.8, 4) is 0 Å². The molecular weight excluding hydrogens is 300 g/mol. The lowest BCUT2D eigenvalue weighted by molar-refractivity contribution is 0.414. The van der Waals surface area contributed by atoms with Gasteiger partial charge in [-0.1, -0.05) is 6.07 Å². The van der Waals surface area contributed by atoms with Gasteiger partial charge in [0.25, 0.3) is 0 Å². The van der Waals surface area contributed by atoms with Crippen LogP contribution in [0.15, 0.2) is 43.2 Å². The van der Waals surface area contributed by atoms with Gasteiger partial charge in [-0.05, 0) is 43.8 Å². The van der Waals surface area contributed by atoms with Crippen LogP contribution in [0, 0.1) is 0 Å². The minimum atomic E-state index is 0.736. The Labute approximate surface area is 140 Å². The smallest absolute Gasteiger partial charge is 0.180 e. The third kappa shape index (κ3) is 2.76. The van der Waals surface area contributed by atoms with Crippen molar-refractivity contribution >= 4 is 22.1 Å². The first-order chi connectivity index (χ1) is 11.7. The molecule has 0 saturated heterocycles. The van der Waals surface area contributed by atoms with Gasteiger partial charge in [0.2, 0.25) is 0 Å². The molecule has 0 aliphatic heterocycles. The zero-order chi connectivity index (χ0) is 16.5. The van der Waals surface area contributed by atoms with Crippen molar-refractivity contribution in [2.45, 2.75) is 13.0 Å². The van der Waals surface area contributed by atoms with Gasteiger partial charge in [-0.25, -0.2) is 15.0 Å². The van der Waals surface area contributed by atoms with Crippen LogP contribution >= 0.6 is 0 Å². The summed E-state index contributed by atoms with van der Waals surface area (Å²) in [5.74, 6) is 0. The first-order valence-corrected chi connectivity index (χ1v) is 8.05. The number of likely N-dealkylation sites (N-methyl/N-ethyl adjacent to an activating group) is 1. The molecule has 0 aliphatic rings. The van der Waals surface area contributed by atoms with Crippen LogP contribution < -0.4 is 0 Å². The molecule has 0 spiro atoms. The van der Waals surface area contributed by atoms with Gasteiger partial charge >= 0.3 is 0 Å². The van der Waals surface area contributed by atoms with E-state index in [-0.39, 0.29) is 0 Å². The van der Waals surface area contributed by atoms with E-state index < -0.39 is 0 Å². The number of hydrogen-bond donors (Lipinski definition) is 1. The van der Waals surface area contributed by atoms with Crippen molar-refractivity contribution in [1.29, 1.82) is 0 Å². The molecule has 122 valence electrons. The van der Waals surface area contributed by atoms with Crippen molar-refractivity contribution in [3.63, 3.8) is 0 Å². The summed E-state index contributed by atoms with van der Waals surface area (Å²) >= 11 is 0. The maximum absolute atomic E-state index is 4.33. The molecule has 0 atom stereocenters. The highest BCUT2D eigenvalue weighted by molar-refractivity contribution is 5.84. The number of imidazole rings is 1. The molecule has 0 saturated carbocycles. The largest absolute Gasteiger partial charge is 0.361 e. The molecule has 0 fully saturated rings. The Morgan fingerprint density at radius 1 is 1.21 bits per heavy atom. The van der Waals surface area contributed by atoms with Crippen molar-refractivity contribution in [2.75, 3.05) is 20.6 Å². The molecular formula is C18H20N6. The van der Waals surface area contributed by atoms with Crippen LogP contribution in [0.25, 0.3) is 22.1 Å². The molecule has 3 aromatic heterocycles. The van der Waals surface area contributed by atoms with Crippen LogP contribution in [0.5, 0.6) is 0 Å². The number of aromatic nitrogens is 5.